The van der Waals surface area contributed by atoms with Crippen molar-refractivity contribution in [2.24, 2.45) is 5.92 Å². The van der Waals surface area contributed by atoms with E-state index in [9.17, 15) is 9.59 Å². The highest BCUT2D eigenvalue weighted by Gasteiger charge is 2.23. The number of methoxy groups -OCH3 is 1. The Morgan fingerprint density at radius 1 is 1.23 bits per heavy atom. The zero-order chi connectivity index (χ0) is 18.9. The lowest BCUT2D eigenvalue weighted by Gasteiger charge is -2.29. The summed E-state index contributed by atoms with van der Waals surface area (Å²) in [7, 11) is 1.57. The van der Waals surface area contributed by atoms with Gasteiger partial charge in [0.2, 0.25) is 0 Å². The molecule has 0 radical (unpaired) electrons. The summed E-state index contributed by atoms with van der Waals surface area (Å²) in [5.74, 6) is 0.336. The van der Waals surface area contributed by atoms with E-state index >= 15 is 0 Å². The molecular weight excluding hydrogens is 334 g/mol. The third kappa shape index (κ3) is 5.73. The predicted octanol–water partition coefficient (Wildman–Crippen LogP) is 3.08. The number of carbonyl (C=O) groups is 2. The second-order valence-electron chi connectivity index (χ2n) is 6.68. The topological polar surface area (TPSA) is 73.9 Å². The fourth-order valence-electron chi connectivity index (χ4n) is 3.22. The van der Waals surface area contributed by atoms with E-state index in [4.69, 9.17) is 14.2 Å². The number of rotatable bonds is 8. The van der Waals surface area contributed by atoms with Gasteiger partial charge in [-0.2, -0.15) is 0 Å². The highest BCUT2D eigenvalue weighted by molar-refractivity contribution is 5.91. The highest BCUT2D eigenvalue weighted by Crippen LogP contribution is 2.24. The number of hydrogen-bond donors (Lipinski definition) is 1. The maximum Gasteiger partial charge on any atom is 0.338 e. The monoisotopic (exact) mass is 363 g/mol. The molecule has 0 unspecified atom stereocenters. The first-order valence-electron chi connectivity index (χ1n) is 9.26. The molecule has 6 heteroatoms. The molecule has 6 nitrogen and oxygen atoms in total. The van der Waals surface area contributed by atoms with Crippen molar-refractivity contribution in [1.29, 1.82) is 0 Å². The second kappa shape index (κ2) is 10.2. The highest BCUT2D eigenvalue weighted by atomic mass is 16.5. The van der Waals surface area contributed by atoms with Gasteiger partial charge in [0.05, 0.1) is 19.3 Å². The number of carbonyl (C=O) groups excluding carboxylic acids is 2. The summed E-state index contributed by atoms with van der Waals surface area (Å²) in [5, 5.41) is 2.98. The fourth-order valence-corrected chi connectivity index (χ4v) is 3.22. The van der Waals surface area contributed by atoms with Crippen LogP contribution in [0.15, 0.2) is 18.2 Å². The van der Waals surface area contributed by atoms with E-state index in [1.54, 1.807) is 25.3 Å². The second-order valence-corrected chi connectivity index (χ2v) is 6.68. The molecule has 26 heavy (non-hydrogen) atoms. The van der Waals surface area contributed by atoms with E-state index in [1.165, 1.54) is 6.42 Å². The van der Waals surface area contributed by atoms with Crippen LogP contribution in [0.1, 0.15) is 55.5 Å². The Morgan fingerprint density at radius 3 is 2.69 bits per heavy atom. The molecule has 2 rings (SSSR count). The van der Waals surface area contributed by atoms with Gasteiger partial charge >= 0.3 is 5.97 Å². The van der Waals surface area contributed by atoms with Gasteiger partial charge < -0.3 is 19.5 Å². The van der Waals surface area contributed by atoms with Crippen LogP contribution in [0, 0.1) is 5.92 Å². The third-order valence-corrected chi connectivity index (χ3v) is 4.77. The lowest BCUT2D eigenvalue weighted by atomic mass is 9.86. The summed E-state index contributed by atoms with van der Waals surface area (Å²) >= 11 is 0. The van der Waals surface area contributed by atoms with Crippen molar-refractivity contribution in [3.63, 3.8) is 0 Å². The number of ether oxygens (including phenoxy) is 3. The van der Waals surface area contributed by atoms with E-state index in [2.05, 4.69) is 12.2 Å². The Morgan fingerprint density at radius 2 is 2.00 bits per heavy atom. The number of hydrogen-bond acceptors (Lipinski definition) is 5. The van der Waals surface area contributed by atoms with Gasteiger partial charge in [-0.15, -0.1) is 0 Å². The number of amides is 1. The van der Waals surface area contributed by atoms with Crippen LogP contribution in [0.25, 0.3) is 0 Å². The molecule has 1 N–H and O–H groups in total. The summed E-state index contributed by atoms with van der Waals surface area (Å²) in [4.78, 5) is 24.3. The number of benzene rings is 1. The summed E-state index contributed by atoms with van der Waals surface area (Å²) in [6.07, 6.45) is 4.45. The maximum atomic E-state index is 12.2. The van der Waals surface area contributed by atoms with Crippen LogP contribution in [-0.2, 0) is 20.9 Å². The standard InChI is InChI=1S/C20H29NO5/c1-4-25-12-16-11-15(9-10-18(16)24-3)20(23)26-13-19(22)21-17-8-6-5-7-14(17)2/h9-11,14,17H,4-8,12-13H2,1-3H3,(H,21,22)/t14-,17+/m1/s1. The Kier molecular flexibility index (Phi) is 7.91. The molecule has 0 saturated heterocycles. The Labute approximate surface area is 155 Å². The van der Waals surface area contributed by atoms with Crippen LogP contribution in [0.5, 0.6) is 5.75 Å². The molecule has 1 aromatic carbocycles. The Balaban J connectivity index is 1.89. The van der Waals surface area contributed by atoms with E-state index < -0.39 is 5.97 Å². The van der Waals surface area contributed by atoms with Crippen molar-refractivity contribution in [3.05, 3.63) is 29.3 Å². The molecular formula is C20H29NO5. The minimum absolute atomic E-state index is 0.175. The van der Waals surface area contributed by atoms with Crippen molar-refractivity contribution in [2.75, 3.05) is 20.3 Å². The normalized spacial score (nSPS) is 19.7. The summed E-state index contributed by atoms with van der Waals surface area (Å²) < 4.78 is 15.8. The van der Waals surface area contributed by atoms with Crippen molar-refractivity contribution in [3.8, 4) is 5.75 Å². The molecule has 1 fully saturated rings. The number of nitrogens with one attached hydrogen (secondary N) is 1. The van der Waals surface area contributed by atoms with Crippen LogP contribution in [0.2, 0.25) is 0 Å². The molecule has 1 saturated carbocycles. The Hall–Kier alpha value is -2.08. The maximum absolute atomic E-state index is 12.2. The van der Waals surface area contributed by atoms with Gasteiger partial charge in [0, 0.05) is 18.2 Å². The quantitative estimate of drug-likeness (QED) is 0.719. The first kappa shape index (κ1) is 20.2. The van der Waals surface area contributed by atoms with Gasteiger partial charge in [-0.05, 0) is 43.9 Å². The van der Waals surface area contributed by atoms with Crippen molar-refractivity contribution >= 4 is 11.9 Å². The number of esters is 1. The van der Waals surface area contributed by atoms with Crippen LogP contribution in [-0.4, -0.2) is 38.2 Å². The van der Waals surface area contributed by atoms with Crippen molar-refractivity contribution < 1.29 is 23.8 Å². The van der Waals surface area contributed by atoms with Gasteiger partial charge in [-0.25, -0.2) is 4.79 Å². The first-order valence-corrected chi connectivity index (χ1v) is 9.26. The van der Waals surface area contributed by atoms with E-state index in [1.807, 2.05) is 6.92 Å². The molecule has 0 heterocycles. The van der Waals surface area contributed by atoms with Gasteiger partial charge in [-0.3, -0.25) is 4.79 Å². The zero-order valence-electron chi connectivity index (χ0n) is 15.9. The van der Waals surface area contributed by atoms with Crippen LogP contribution < -0.4 is 10.1 Å². The van der Waals surface area contributed by atoms with Crippen LogP contribution in [0.3, 0.4) is 0 Å². The predicted molar refractivity (Wildman–Crippen MR) is 98.2 cm³/mol. The molecule has 0 spiro atoms. The largest absolute Gasteiger partial charge is 0.496 e. The smallest absolute Gasteiger partial charge is 0.338 e. The third-order valence-electron chi connectivity index (χ3n) is 4.77. The molecule has 0 aromatic heterocycles. The SMILES string of the molecule is CCOCc1cc(C(=O)OCC(=O)N[C@H]2CCCC[C@H]2C)ccc1OC. The summed E-state index contributed by atoms with van der Waals surface area (Å²) in [6, 6.07) is 5.18. The summed E-state index contributed by atoms with van der Waals surface area (Å²) in [6.45, 7) is 4.69. The molecule has 1 amide bonds. The fraction of sp³-hybridized carbons (Fsp3) is 0.600. The van der Waals surface area contributed by atoms with E-state index in [0.29, 0.717) is 30.4 Å². The molecule has 2 atom stereocenters. The average molecular weight is 363 g/mol. The van der Waals surface area contributed by atoms with Crippen LogP contribution >= 0.6 is 0 Å². The first-order chi connectivity index (χ1) is 12.5. The molecule has 1 aromatic rings. The zero-order valence-corrected chi connectivity index (χ0v) is 15.9. The van der Waals surface area contributed by atoms with Gasteiger partial charge in [0.25, 0.3) is 5.91 Å². The van der Waals surface area contributed by atoms with Gasteiger partial charge in [0.15, 0.2) is 6.61 Å². The summed E-state index contributed by atoms with van der Waals surface area (Å²) in [5.41, 5.74) is 1.14. The average Bonchev–Trinajstić information content (AvgIpc) is 2.66. The molecule has 0 aliphatic heterocycles. The van der Waals surface area contributed by atoms with Crippen molar-refractivity contribution in [2.45, 2.75) is 52.2 Å². The minimum Gasteiger partial charge on any atom is -0.496 e. The van der Waals surface area contributed by atoms with E-state index in [0.717, 1.165) is 24.8 Å². The molecule has 1 aliphatic rings. The van der Waals surface area contributed by atoms with Gasteiger partial charge in [-0.1, -0.05) is 19.8 Å². The molecule has 0 bridgehead atoms. The van der Waals surface area contributed by atoms with Gasteiger partial charge in [0.1, 0.15) is 5.75 Å². The lowest BCUT2D eigenvalue weighted by Crippen LogP contribution is -2.42. The lowest BCUT2D eigenvalue weighted by molar-refractivity contribution is -0.125. The minimum atomic E-state index is -0.530. The van der Waals surface area contributed by atoms with Crippen molar-refractivity contribution in [1.82, 2.24) is 5.32 Å². The molecule has 144 valence electrons. The van der Waals surface area contributed by atoms with E-state index in [-0.39, 0.29) is 18.6 Å². The Bertz CT molecular complexity index is 616. The molecule has 1 aliphatic carbocycles. The van der Waals surface area contributed by atoms with Crippen LogP contribution in [0.4, 0.5) is 0 Å².